The second-order valence-electron chi connectivity index (χ2n) is 6.43. The molecule has 0 saturated heterocycles. The van der Waals surface area contributed by atoms with Gasteiger partial charge in [-0.3, -0.25) is 10.2 Å². The monoisotopic (exact) mass is 375 g/mol. The maximum absolute atomic E-state index is 11.9. The first-order valence-corrected chi connectivity index (χ1v) is 9.03. The van der Waals surface area contributed by atoms with E-state index in [1.165, 1.54) is 5.56 Å². The van der Waals surface area contributed by atoms with Gasteiger partial charge in [-0.15, -0.1) is 0 Å². The first kappa shape index (κ1) is 18.0. The minimum atomic E-state index is -0.305. The Morgan fingerprint density at radius 3 is 2.61 bits per heavy atom. The van der Waals surface area contributed by atoms with Crippen molar-refractivity contribution >= 4 is 16.9 Å². The predicted molar refractivity (Wildman–Crippen MR) is 107 cm³/mol. The van der Waals surface area contributed by atoms with Crippen LogP contribution in [0, 0.1) is 0 Å². The van der Waals surface area contributed by atoms with Crippen LogP contribution in [-0.4, -0.2) is 15.5 Å². The van der Waals surface area contributed by atoms with Crippen molar-refractivity contribution in [1.29, 1.82) is 0 Å². The molecule has 142 valence electrons. The minimum Gasteiger partial charge on any atom is -0.456 e. The summed E-state index contributed by atoms with van der Waals surface area (Å²) in [5, 5.41) is 3.36. The number of nitrogens with two attached hydrogens (primary N) is 1. The van der Waals surface area contributed by atoms with Crippen molar-refractivity contribution in [3.05, 3.63) is 78.1 Å². The molecule has 7 heteroatoms. The molecule has 0 aliphatic rings. The van der Waals surface area contributed by atoms with Crippen LogP contribution in [0.2, 0.25) is 0 Å². The van der Waals surface area contributed by atoms with E-state index in [4.69, 9.17) is 10.3 Å². The Morgan fingerprint density at radius 2 is 1.79 bits per heavy atom. The van der Waals surface area contributed by atoms with Gasteiger partial charge in [-0.25, -0.2) is 10.8 Å². The molecular weight excluding hydrogens is 354 g/mol. The van der Waals surface area contributed by atoms with E-state index >= 15 is 0 Å². The number of fused-ring (bicyclic) bond motifs is 1. The fraction of sp³-hybridized carbons (Fsp3) is 0.143. The third kappa shape index (κ3) is 3.80. The maximum atomic E-state index is 11.9. The van der Waals surface area contributed by atoms with Crippen molar-refractivity contribution in [3.63, 3.8) is 0 Å². The van der Waals surface area contributed by atoms with Gasteiger partial charge >= 0.3 is 0 Å². The van der Waals surface area contributed by atoms with Crippen LogP contribution in [0.5, 0.6) is 0 Å². The lowest BCUT2D eigenvalue weighted by Gasteiger charge is -2.06. The average Bonchev–Trinajstić information content (AvgIpc) is 3.34. The number of carbonyl (C=O) groups is 1. The van der Waals surface area contributed by atoms with Gasteiger partial charge in [0.15, 0.2) is 11.6 Å². The number of para-hydroxylation sites is 2. The van der Waals surface area contributed by atoms with E-state index in [0.29, 0.717) is 18.1 Å². The molecule has 28 heavy (non-hydrogen) atoms. The van der Waals surface area contributed by atoms with Gasteiger partial charge in [-0.1, -0.05) is 42.5 Å². The highest BCUT2D eigenvalue weighted by Gasteiger charge is 2.17. The first-order chi connectivity index (χ1) is 13.7. The largest absolute Gasteiger partial charge is 0.456 e. The fourth-order valence-corrected chi connectivity index (χ4v) is 3.13. The number of furan rings is 1. The summed E-state index contributed by atoms with van der Waals surface area (Å²) in [7, 11) is 0. The number of amides is 1. The number of nitrogens with zero attached hydrogens (tertiary/aromatic N) is 2. The summed E-state index contributed by atoms with van der Waals surface area (Å²) in [5.41, 5.74) is 5.02. The van der Waals surface area contributed by atoms with E-state index in [2.05, 4.69) is 27.9 Å². The van der Waals surface area contributed by atoms with Crippen molar-refractivity contribution in [2.45, 2.75) is 19.6 Å². The number of hydrogen-bond donors (Lipinski definition) is 3. The van der Waals surface area contributed by atoms with Crippen LogP contribution in [-0.2, 0) is 24.4 Å². The van der Waals surface area contributed by atoms with Gasteiger partial charge in [0.05, 0.1) is 17.6 Å². The molecule has 4 aromatic rings. The zero-order valence-electron chi connectivity index (χ0n) is 15.3. The molecule has 0 aliphatic carbocycles. The van der Waals surface area contributed by atoms with Crippen LogP contribution >= 0.6 is 0 Å². The Balaban J connectivity index is 1.55. The number of nitrogens with one attached hydrogen (secondary N) is 2. The smallest absolute Gasteiger partial charge is 0.253 e. The van der Waals surface area contributed by atoms with E-state index in [0.717, 1.165) is 23.3 Å². The van der Waals surface area contributed by atoms with Gasteiger partial charge in [0, 0.05) is 6.54 Å². The molecule has 4 N–H and O–H groups in total. The highest BCUT2D eigenvalue weighted by atomic mass is 16.3. The van der Waals surface area contributed by atoms with Gasteiger partial charge in [0.25, 0.3) is 5.91 Å². The fourth-order valence-electron chi connectivity index (χ4n) is 3.13. The average molecular weight is 375 g/mol. The van der Waals surface area contributed by atoms with E-state index in [9.17, 15) is 4.79 Å². The Hall–Kier alpha value is -3.42. The van der Waals surface area contributed by atoms with Crippen LogP contribution in [0.4, 0.5) is 0 Å². The highest BCUT2D eigenvalue weighted by molar-refractivity contribution is 5.83. The van der Waals surface area contributed by atoms with Crippen molar-refractivity contribution in [1.82, 2.24) is 20.3 Å². The molecule has 0 atom stereocenters. The third-order valence-electron chi connectivity index (χ3n) is 4.47. The van der Waals surface area contributed by atoms with Crippen molar-refractivity contribution in [2.24, 2.45) is 5.84 Å². The van der Waals surface area contributed by atoms with Gasteiger partial charge in [-0.05, 0) is 29.8 Å². The molecule has 7 nitrogen and oxygen atoms in total. The van der Waals surface area contributed by atoms with E-state index < -0.39 is 0 Å². The lowest BCUT2D eigenvalue weighted by molar-refractivity contribution is -0.121. The zero-order valence-corrected chi connectivity index (χ0v) is 15.3. The Kier molecular flexibility index (Phi) is 5.18. The molecule has 0 aliphatic heterocycles. The standard InChI is InChI=1S/C21H21N5O2/c22-25-20(27)14-26-18-9-5-4-8-17(18)24-21(26)19-11-10-16(28-19)13-23-12-15-6-2-1-3-7-15/h1-11,23H,12-14,22H2,(H,25,27). The van der Waals surface area contributed by atoms with Crippen molar-refractivity contribution in [3.8, 4) is 11.6 Å². The number of hydrogen-bond acceptors (Lipinski definition) is 5. The Bertz CT molecular complexity index is 1080. The van der Waals surface area contributed by atoms with E-state index in [1.54, 1.807) is 4.57 Å². The van der Waals surface area contributed by atoms with Crippen LogP contribution < -0.4 is 16.6 Å². The second kappa shape index (κ2) is 8.08. The summed E-state index contributed by atoms with van der Waals surface area (Å²) in [6.45, 7) is 1.42. The van der Waals surface area contributed by atoms with Gasteiger partial charge < -0.3 is 14.3 Å². The molecule has 0 radical (unpaired) electrons. The molecular formula is C21H21N5O2. The number of hydrazine groups is 1. The van der Waals surface area contributed by atoms with Crippen molar-refractivity contribution in [2.75, 3.05) is 0 Å². The number of rotatable bonds is 7. The Morgan fingerprint density at radius 1 is 1.00 bits per heavy atom. The quantitative estimate of drug-likeness (QED) is 0.262. The van der Waals surface area contributed by atoms with Crippen LogP contribution in [0.1, 0.15) is 11.3 Å². The van der Waals surface area contributed by atoms with Crippen LogP contribution in [0.25, 0.3) is 22.6 Å². The third-order valence-corrected chi connectivity index (χ3v) is 4.47. The van der Waals surface area contributed by atoms with Gasteiger partial charge in [0.2, 0.25) is 0 Å². The van der Waals surface area contributed by atoms with Gasteiger partial charge in [-0.2, -0.15) is 0 Å². The SMILES string of the molecule is NNC(=O)Cn1c(-c2ccc(CNCc3ccccc3)o2)nc2ccccc21. The molecule has 0 saturated carbocycles. The van der Waals surface area contributed by atoms with Gasteiger partial charge in [0.1, 0.15) is 12.3 Å². The summed E-state index contributed by atoms with van der Waals surface area (Å²) < 4.78 is 7.79. The number of aromatic nitrogens is 2. The summed E-state index contributed by atoms with van der Waals surface area (Å²) in [6.07, 6.45) is 0. The van der Waals surface area contributed by atoms with Crippen molar-refractivity contribution < 1.29 is 9.21 Å². The lowest BCUT2D eigenvalue weighted by Crippen LogP contribution is -2.33. The maximum Gasteiger partial charge on any atom is 0.253 e. The molecule has 2 aromatic heterocycles. The minimum absolute atomic E-state index is 0.0641. The van der Waals surface area contributed by atoms with Crippen LogP contribution in [0.15, 0.2) is 71.1 Å². The number of carbonyl (C=O) groups excluding carboxylic acids is 1. The normalized spacial score (nSPS) is 11.0. The molecule has 1 amide bonds. The van der Waals surface area contributed by atoms with E-state index in [1.807, 2.05) is 54.6 Å². The highest BCUT2D eigenvalue weighted by Crippen LogP contribution is 2.26. The Labute approximate surface area is 162 Å². The molecule has 2 aromatic carbocycles. The zero-order chi connectivity index (χ0) is 19.3. The molecule has 0 spiro atoms. The molecule has 4 rings (SSSR count). The summed E-state index contributed by atoms with van der Waals surface area (Å²) >= 11 is 0. The predicted octanol–water partition coefficient (Wildman–Crippen LogP) is 2.58. The summed E-state index contributed by atoms with van der Waals surface area (Å²) in [5.74, 6) is 6.96. The summed E-state index contributed by atoms with van der Waals surface area (Å²) in [4.78, 5) is 16.5. The number of benzene rings is 2. The molecule has 0 unspecified atom stereocenters. The van der Waals surface area contributed by atoms with E-state index in [-0.39, 0.29) is 12.5 Å². The second-order valence-corrected chi connectivity index (χ2v) is 6.43. The molecule has 2 heterocycles. The number of imidazole rings is 1. The lowest BCUT2D eigenvalue weighted by atomic mass is 10.2. The topological polar surface area (TPSA) is 98.1 Å². The van der Waals surface area contributed by atoms with Crippen LogP contribution in [0.3, 0.4) is 0 Å². The molecule has 0 fully saturated rings. The summed E-state index contributed by atoms with van der Waals surface area (Å²) in [6, 6.07) is 21.6. The first-order valence-electron chi connectivity index (χ1n) is 9.03. The molecule has 0 bridgehead atoms.